The summed E-state index contributed by atoms with van der Waals surface area (Å²) in [5.41, 5.74) is 4.05. The molecule has 0 aliphatic heterocycles. The Morgan fingerprint density at radius 1 is 0.340 bits per heavy atom. The highest BCUT2D eigenvalue weighted by Gasteiger charge is 2.20. The summed E-state index contributed by atoms with van der Waals surface area (Å²) >= 11 is 0. The van der Waals surface area contributed by atoms with E-state index in [1.54, 1.807) is 0 Å². The summed E-state index contributed by atoms with van der Waals surface area (Å²) in [4.78, 5) is 15.5. The lowest BCUT2D eigenvalue weighted by atomic mass is 9.94. The number of hydrogen-bond donors (Lipinski definition) is 0. The fraction of sp³-hybridized carbons (Fsp3) is 0. The van der Waals surface area contributed by atoms with Crippen LogP contribution in [0.3, 0.4) is 0 Å². The molecule has 47 heavy (non-hydrogen) atoms. The molecule has 0 saturated carbocycles. The van der Waals surface area contributed by atoms with Gasteiger partial charge in [-0.1, -0.05) is 146 Å². The van der Waals surface area contributed by atoms with Crippen molar-refractivity contribution in [3.63, 3.8) is 0 Å². The van der Waals surface area contributed by atoms with E-state index in [0.717, 1.165) is 32.9 Å². The van der Waals surface area contributed by atoms with Crippen LogP contribution in [0.4, 0.5) is 0 Å². The van der Waals surface area contributed by atoms with Gasteiger partial charge in [-0.25, -0.2) is 4.98 Å². The van der Waals surface area contributed by atoms with E-state index in [4.69, 9.17) is 15.0 Å². The van der Waals surface area contributed by atoms with Crippen LogP contribution in [-0.2, 0) is 0 Å². The number of hydrogen-bond acceptors (Lipinski definition) is 3. The maximum absolute atomic E-state index is 5.23. The van der Waals surface area contributed by atoms with Crippen molar-refractivity contribution in [2.75, 3.05) is 0 Å². The Morgan fingerprint density at radius 3 is 1.83 bits per heavy atom. The Kier molecular flexibility index (Phi) is 5.54. The average Bonchev–Trinajstić information content (AvgIpc) is 3.49. The number of nitrogens with zero attached hydrogens (tertiary/aromatic N) is 4. The topological polar surface area (TPSA) is 43.6 Å². The predicted octanol–water partition coefficient (Wildman–Crippen LogP) is 10.9. The highest BCUT2D eigenvalue weighted by Crippen LogP contribution is 2.40. The van der Waals surface area contributed by atoms with E-state index in [-0.39, 0.29) is 0 Å². The van der Waals surface area contributed by atoms with E-state index >= 15 is 0 Å². The maximum atomic E-state index is 5.23. The van der Waals surface area contributed by atoms with Crippen LogP contribution >= 0.6 is 0 Å². The lowest BCUT2D eigenvalue weighted by Crippen LogP contribution is -2.06. The van der Waals surface area contributed by atoms with Crippen molar-refractivity contribution in [1.82, 2.24) is 19.5 Å². The van der Waals surface area contributed by atoms with Crippen molar-refractivity contribution < 1.29 is 0 Å². The van der Waals surface area contributed by atoms with E-state index in [2.05, 4.69) is 144 Å². The third-order valence-corrected chi connectivity index (χ3v) is 9.42. The van der Waals surface area contributed by atoms with Crippen LogP contribution in [0.5, 0.6) is 0 Å². The Bertz CT molecular complexity index is 2850. The molecule has 0 fully saturated rings. The molecule has 10 aromatic rings. The highest BCUT2D eigenvalue weighted by molar-refractivity contribution is 6.29. The van der Waals surface area contributed by atoms with Gasteiger partial charge in [0.05, 0.1) is 11.0 Å². The zero-order chi connectivity index (χ0) is 30.9. The molecule has 0 radical (unpaired) electrons. The summed E-state index contributed by atoms with van der Waals surface area (Å²) in [6, 6.07) is 55.6. The number of benzene rings is 8. The summed E-state index contributed by atoms with van der Waals surface area (Å²) < 4.78 is 2.21. The average molecular weight is 599 g/mol. The van der Waals surface area contributed by atoms with Crippen LogP contribution in [0.25, 0.3) is 93.6 Å². The molecule has 10 rings (SSSR count). The van der Waals surface area contributed by atoms with Gasteiger partial charge in [0.2, 0.25) is 5.95 Å². The van der Waals surface area contributed by atoms with Crippen molar-refractivity contribution >= 4 is 64.9 Å². The molecule has 2 aromatic heterocycles. The molecule has 0 spiro atoms. The summed E-state index contributed by atoms with van der Waals surface area (Å²) in [7, 11) is 0. The molecular formula is C43H26N4. The Labute approximate surface area is 270 Å². The minimum atomic E-state index is 0.596. The molecule has 0 atom stereocenters. The normalized spacial score (nSPS) is 11.8. The lowest BCUT2D eigenvalue weighted by Gasteiger charge is -2.12. The van der Waals surface area contributed by atoms with Crippen molar-refractivity contribution in [1.29, 1.82) is 0 Å². The molecule has 0 amide bonds. The zero-order valence-corrected chi connectivity index (χ0v) is 25.3. The molecule has 4 nitrogen and oxygen atoms in total. The largest absolute Gasteiger partial charge is 0.278 e. The van der Waals surface area contributed by atoms with Gasteiger partial charge in [-0.15, -0.1) is 0 Å². The second-order valence-electron chi connectivity index (χ2n) is 12.0. The van der Waals surface area contributed by atoms with Gasteiger partial charge in [-0.05, 0) is 55.2 Å². The molecule has 0 N–H and O–H groups in total. The molecule has 4 heteroatoms. The van der Waals surface area contributed by atoms with E-state index < -0.39 is 0 Å². The van der Waals surface area contributed by atoms with Crippen LogP contribution in [0.2, 0.25) is 0 Å². The Balaban J connectivity index is 1.32. The molecule has 218 valence electrons. The van der Waals surface area contributed by atoms with Crippen LogP contribution in [0.1, 0.15) is 0 Å². The first-order valence-corrected chi connectivity index (χ1v) is 15.9. The molecule has 0 unspecified atom stereocenters. The minimum Gasteiger partial charge on any atom is -0.278 e. The highest BCUT2D eigenvalue weighted by atomic mass is 15.2. The molecule has 2 heterocycles. The van der Waals surface area contributed by atoms with E-state index in [1.165, 1.54) is 43.1 Å². The maximum Gasteiger partial charge on any atom is 0.238 e. The molecule has 0 bridgehead atoms. The second-order valence-corrected chi connectivity index (χ2v) is 12.0. The van der Waals surface area contributed by atoms with Crippen molar-refractivity contribution in [3.05, 3.63) is 158 Å². The molecule has 8 aromatic carbocycles. The van der Waals surface area contributed by atoms with Gasteiger partial charge in [0.1, 0.15) is 0 Å². The first-order valence-electron chi connectivity index (χ1n) is 15.9. The van der Waals surface area contributed by atoms with E-state index in [9.17, 15) is 0 Å². The van der Waals surface area contributed by atoms with Crippen LogP contribution < -0.4 is 0 Å². The summed E-state index contributed by atoms with van der Waals surface area (Å²) in [5.74, 6) is 1.89. The fourth-order valence-corrected chi connectivity index (χ4v) is 7.32. The zero-order valence-electron chi connectivity index (χ0n) is 25.3. The van der Waals surface area contributed by atoms with Crippen molar-refractivity contribution in [2.45, 2.75) is 0 Å². The minimum absolute atomic E-state index is 0.596. The quantitative estimate of drug-likeness (QED) is 0.190. The van der Waals surface area contributed by atoms with Gasteiger partial charge >= 0.3 is 0 Å². The van der Waals surface area contributed by atoms with Crippen molar-refractivity contribution in [2.24, 2.45) is 0 Å². The fourth-order valence-electron chi connectivity index (χ4n) is 7.32. The standard InChI is InChI=1S/C43H26N4/c1-2-13-30(14-3-1)41-44-42(35-19-10-15-27-11-4-6-16-31(27)35)46-43(45-41)47-37-20-9-8-18-36(37)40-34-24-23-29-22-21-28-12-5-7-17-32(28)39(29)33(34)25-26-38(40)47/h1-26H. The first kappa shape index (κ1) is 25.9. The van der Waals surface area contributed by atoms with Gasteiger partial charge in [0.15, 0.2) is 11.6 Å². The van der Waals surface area contributed by atoms with Crippen molar-refractivity contribution in [3.8, 4) is 28.7 Å². The van der Waals surface area contributed by atoms with Gasteiger partial charge in [-0.3, -0.25) is 4.57 Å². The number of rotatable bonds is 3. The first-order chi connectivity index (χ1) is 23.3. The summed E-state index contributed by atoms with van der Waals surface area (Å²) in [5, 5.41) is 12.1. The van der Waals surface area contributed by atoms with Crippen LogP contribution in [0, 0.1) is 0 Å². The van der Waals surface area contributed by atoms with Gasteiger partial charge in [0, 0.05) is 21.9 Å². The Morgan fingerprint density at radius 2 is 0.957 bits per heavy atom. The second kappa shape index (κ2) is 10.1. The van der Waals surface area contributed by atoms with Gasteiger partial charge < -0.3 is 0 Å². The van der Waals surface area contributed by atoms with Gasteiger partial charge in [-0.2, -0.15) is 9.97 Å². The monoisotopic (exact) mass is 598 g/mol. The number of para-hydroxylation sites is 1. The predicted molar refractivity (Wildman–Crippen MR) is 195 cm³/mol. The number of fused-ring (bicyclic) bond motifs is 10. The third kappa shape index (κ3) is 3.92. The summed E-state index contributed by atoms with van der Waals surface area (Å²) in [6.07, 6.45) is 0. The molecule has 0 aliphatic rings. The molecule has 0 saturated heterocycles. The van der Waals surface area contributed by atoms with E-state index in [0.29, 0.717) is 17.6 Å². The lowest BCUT2D eigenvalue weighted by molar-refractivity contribution is 0.954. The molecular weight excluding hydrogens is 573 g/mol. The summed E-state index contributed by atoms with van der Waals surface area (Å²) in [6.45, 7) is 0. The van der Waals surface area contributed by atoms with E-state index in [1.807, 2.05) is 18.2 Å². The van der Waals surface area contributed by atoms with Crippen LogP contribution in [0.15, 0.2) is 158 Å². The van der Waals surface area contributed by atoms with Gasteiger partial charge in [0.25, 0.3) is 0 Å². The van der Waals surface area contributed by atoms with Crippen LogP contribution in [-0.4, -0.2) is 19.5 Å². The third-order valence-electron chi connectivity index (χ3n) is 9.42. The number of aromatic nitrogens is 4. The SMILES string of the molecule is c1ccc(-c2nc(-c3cccc4ccccc34)nc(-n3c4ccccc4c4c5ccc6ccc7ccccc7c6c5ccc43)n2)cc1. The smallest absolute Gasteiger partial charge is 0.238 e. The Hall–Kier alpha value is -6.39. The molecule has 0 aliphatic carbocycles.